The van der Waals surface area contributed by atoms with Crippen LogP contribution in [0.4, 0.5) is 0 Å². The van der Waals surface area contributed by atoms with Crippen molar-refractivity contribution < 1.29 is 9.59 Å². The molecule has 0 aliphatic carbocycles. The number of carbonyl (C=O) groups excluding carboxylic acids is 2. The first-order chi connectivity index (χ1) is 16.2. The van der Waals surface area contributed by atoms with Crippen molar-refractivity contribution in [1.82, 2.24) is 15.6 Å². The van der Waals surface area contributed by atoms with Gasteiger partial charge in [0, 0.05) is 25.7 Å². The molecule has 0 atom stereocenters. The molecule has 1 aromatic rings. The van der Waals surface area contributed by atoms with Gasteiger partial charge in [0.25, 0.3) is 5.91 Å². The summed E-state index contributed by atoms with van der Waals surface area (Å²) in [6.07, 6.45) is 30.5. The van der Waals surface area contributed by atoms with Gasteiger partial charge in [0.05, 0.1) is 0 Å². The Bertz CT molecular complexity index is 793. The highest BCUT2D eigenvalue weighted by Crippen LogP contribution is 1.99. The third-order valence-corrected chi connectivity index (χ3v) is 4.56. The maximum absolute atomic E-state index is 11.8. The van der Waals surface area contributed by atoms with Gasteiger partial charge in [-0.15, -0.1) is 0 Å². The molecule has 0 aliphatic heterocycles. The standard InChI is InChI=1S/C28H39N3O2/c1-2-3-4-5-6-7-8-9-10-11-12-13-14-15-16-17-18-22-27(32)30-24-25-31-28(33)26-21-19-20-23-29-26/h3-4,6-7,9-10,12-13,15-16,19-21,23H,2,5,8,11,14,17-18,22,24-25H2,1H3,(H,30,32)(H,31,33)/b4-3-,7-6-,10-9-,13-12-,16-15-. The normalized spacial score (nSPS) is 12.0. The minimum Gasteiger partial charge on any atom is -0.354 e. The van der Waals surface area contributed by atoms with Crippen molar-refractivity contribution in [1.29, 1.82) is 0 Å². The third-order valence-electron chi connectivity index (χ3n) is 4.56. The number of carbonyl (C=O) groups is 2. The van der Waals surface area contributed by atoms with Gasteiger partial charge in [0.2, 0.25) is 5.91 Å². The number of hydrogen-bond donors (Lipinski definition) is 2. The van der Waals surface area contributed by atoms with Gasteiger partial charge in [0.15, 0.2) is 0 Å². The van der Waals surface area contributed by atoms with Crippen LogP contribution in [0, 0.1) is 0 Å². The van der Waals surface area contributed by atoms with Crippen molar-refractivity contribution in [3.05, 3.63) is 90.9 Å². The lowest BCUT2D eigenvalue weighted by atomic mass is 10.2. The number of rotatable bonds is 17. The van der Waals surface area contributed by atoms with Gasteiger partial charge in [-0.05, 0) is 57.1 Å². The van der Waals surface area contributed by atoms with Crippen LogP contribution in [0.25, 0.3) is 0 Å². The Morgan fingerprint density at radius 3 is 1.94 bits per heavy atom. The molecule has 0 unspecified atom stereocenters. The number of allylic oxidation sites excluding steroid dienone is 10. The van der Waals surface area contributed by atoms with E-state index < -0.39 is 0 Å². The van der Waals surface area contributed by atoms with E-state index in [4.69, 9.17) is 0 Å². The van der Waals surface area contributed by atoms with Crippen LogP contribution < -0.4 is 10.6 Å². The van der Waals surface area contributed by atoms with E-state index in [1.54, 1.807) is 24.4 Å². The van der Waals surface area contributed by atoms with Crippen LogP contribution in [0.15, 0.2) is 85.2 Å². The van der Waals surface area contributed by atoms with Crippen LogP contribution in [0.2, 0.25) is 0 Å². The summed E-state index contributed by atoms with van der Waals surface area (Å²) in [5.74, 6) is -0.224. The van der Waals surface area contributed by atoms with Crippen molar-refractivity contribution >= 4 is 11.8 Å². The largest absolute Gasteiger partial charge is 0.354 e. The molecule has 2 N–H and O–H groups in total. The van der Waals surface area contributed by atoms with Gasteiger partial charge in [0.1, 0.15) is 5.69 Å². The minimum absolute atomic E-state index is 0.00874. The fraction of sp³-hybridized carbons (Fsp3) is 0.393. The topological polar surface area (TPSA) is 71.1 Å². The average molecular weight is 450 g/mol. The molecule has 0 bridgehead atoms. The molecule has 0 aromatic carbocycles. The maximum Gasteiger partial charge on any atom is 0.269 e. The van der Waals surface area contributed by atoms with Crippen molar-refractivity contribution in [2.24, 2.45) is 0 Å². The van der Waals surface area contributed by atoms with E-state index in [0.717, 1.165) is 44.9 Å². The van der Waals surface area contributed by atoms with E-state index in [2.05, 4.69) is 83.3 Å². The number of hydrogen-bond acceptors (Lipinski definition) is 3. The second kappa shape index (κ2) is 20.7. The second-order valence-corrected chi connectivity index (χ2v) is 7.42. The molecular weight excluding hydrogens is 410 g/mol. The van der Waals surface area contributed by atoms with Crippen LogP contribution in [-0.4, -0.2) is 29.9 Å². The Morgan fingerprint density at radius 2 is 1.36 bits per heavy atom. The first kappa shape index (κ1) is 27.8. The maximum atomic E-state index is 11.8. The molecule has 1 rings (SSSR count). The van der Waals surface area contributed by atoms with Crippen LogP contribution >= 0.6 is 0 Å². The highest BCUT2D eigenvalue weighted by Gasteiger charge is 2.05. The summed E-state index contributed by atoms with van der Waals surface area (Å²) >= 11 is 0. The molecule has 2 amide bonds. The van der Waals surface area contributed by atoms with Crippen molar-refractivity contribution in [2.45, 2.75) is 58.3 Å². The third kappa shape index (κ3) is 17.1. The summed E-state index contributed by atoms with van der Waals surface area (Å²) in [6, 6.07) is 5.18. The number of amides is 2. The Kier molecular flexibility index (Phi) is 17.4. The van der Waals surface area contributed by atoms with E-state index in [9.17, 15) is 9.59 Å². The minimum atomic E-state index is -0.233. The number of aromatic nitrogens is 1. The zero-order chi connectivity index (χ0) is 23.8. The van der Waals surface area contributed by atoms with Gasteiger partial charge in [-0.1, -0.05) is 73.8 Å². The van der Waals surface area contributed by atoms with E-state index in [-0.39, 0.29) is 11.8 Å². The van der Waals surface area contributed by atoms with E-state index in [1.807, 2.05) is 0 Å². The first-order valence-electron chi connectivity index (χ1n) is 11.9. The number of unbranched alkanes of at least 4 members (excludes halogenated alkanes) is 1. The number of pyridine rings is 1. The zero-order valence-electron chi connectivity index (χ0n) is 19.9. The Balaban J connectivity index is 1.95. The van der Waals surface area contributed by atoms with E-state index in [0.29, 0.717) is 25.2 Å². The summed E-state index contributed by atoms with van der Waals surface area (Å²) in [5, 5.41) is 5.56. The van der Waals surface area contributed by atoms with Crippen LogP contribution in [0.5, 0.6) is 0 Å². The molecule has 0 spiro atoms. The van der Waals surface area contributed by atoms with Crippen LogP contribution in [0.1, 0.15) is 68.8 Å². The fourth-order valence-electron chi connectivity index (χ4n) is 2.80. The first-order valence-corrected chi connectivity index (χ1v) is 11.9. The van der Waals surface area contributed by atoms with Gasteiger partial charge in [-0.3, -0.25) is 14.6 Å². The molecule has 33 heavy (non-hydrogen) atoms. The molecule has 0 fully saturated rings. The Hall–Kier alpha value is -3.21. The Labute approximate surface area is 199 Å². The van der Waals surface area contributed by atoms with Crippen molar-refractivity contribution in [3.63, 3.8) is 0 Å². The summed E-state index contributed by atoms with van der Waals surface area (Å²) in [6.45, 7) is 2.95. The van der Waals surface area contributed by atoms with E-state index in [1.165, 1.54) is 0 Å². The quantitative estimate of drug-likeness (QED) is 0.231. The summed E-state index contributed by atoms with van der Waals surface area (Å²) in [7, 11) is 0. The fourth-order valence-corrected chi connectivity index (χ4v) is 2.80. The predicted octanol–water partition coefficient (Wildman–Crippen LogP) is 5.85. The number of nitrogens with zero attached hydrogens (tertiary/aromatic N) is 1. The van der Waals surface area contributed by atoms with Gasteiger partial charge in [-0.2, -0.15) is 0 Å². The monoisotopic (exact) mass is 449 g/mol. The zero-order valence-corrected chi connectivity index (χ0v) is 19.9. The molecule has 0 radical (unpaired) electrons. The summed E-state index contributed by atoms with van der Waals surface area (Å²) in [4.78, 5) is 27.6. The summed E-state index contributed by atoms with van der Waals surface area (Å²) < 4.78 is 0. The molecule has 1 heterocycles. The lowest BCUT2D eigenvalue weighted by Crippen LogP contribution is -2.34. The second-order valence-electron chi connectivity index (χ2n) is 7.42. The highest BCUT2D eigenvalue weighted by atomic mass is 16.2. The van der Waals surface area contributed by atoms with Crippen molar-refractivity contribution in [3.8, 4) is 0 Å². The van der Waals surface area contributed by atoms with Gasteiger partial charge < -0.3 is 10.6 Å². The smallest absolute Gasteiger partial charge is 0.269 e. The molecule has 0 saturated heterocycles. The molecule has 0 aliphatic rings. The number of nitrogens with one attached hydrogen (secondary N) is 2. The van der Waals surface area contributed by atoms with E-state index >= 15 is 0 Å². The molecule has 5 nitrogen and oxygen atoms in total. The molecule has 178 valence electrons. The highest BCUT2D eigenvalue weighted by molar-refractivity contribution is 5.92. The molecule has 0 saturated carbocycles. The van der Waals surface area contributed by atoms with Crippen molar-refractivity contribution in [2.75, 3.05) is 13.1 Å². The Morgan fingerprint density at radius 1 is 0.788 bits per heavy atom. The SMILES string of the molecule is CC/C=C\C/C=C\C/C=C\C/C=C\C/C=C\CCCC(=O)NCCNC(=O)c1ccccn1. The molecule has 1 aromatic heterocycles. The van der Waals surface area contributed by atoms with Crippen LogP contribution in [-0.2, 0) is 4.79 Å². The van der Waals surface area contributed by atoms with Crippen LogP contribution in [0.3, 0.4) is 0 Å². The van der Waals surface area contributed by atoms with Gasteiger partial charge >= 0.3 is 0 Å². The predicted molar refractivity (Wildman–Crippen MR) is 138 cm³/mol. The average Bonchev–Trinajstić information content (AvgIpc) is 2.84. The lowest BCUT2D eigenvalue weighted by molar-refractivity contribution is -0.121. The summed E-state index contributed by atoms with van der Waals surface area (Å²) in [5.41, 5.74) is 0.376. The molecular formula is C28H39N3O2. The van der Waals surface area contributed by atoms with Gasteiger partial charge in [-0.25, -0.2) is 0 Å². The lowest BCUT2D eigenvalue weighted by Gasteiger charge is -2.06. The molecule has 5 heteroatoms.